The standard InChI is InChI=1S/C14H21N3O3/c1-8(2)6-17(7-11(18)19)14-12(13(15)20)9(3)5-10(4)16-14/h5,8H,6-7H2,1-4H3,(H2,15,20)(H,18,19). The van der Waals surface area contributed by atoms with Gasteiger partial charge in [-0.25, -0.2) is 4.98 Å². The van der Waals surface area contributed by atoms with Crippen molar-refractivity contribution in [3.63, 3.8) is 0 Å². The molecule has 0 unspecified atom stereocenters. The number of aromatic nitrogens is 1. The van der Waals surface area contributed by atoms with E-state index in [-0.39, 0.29) is 18.0 Å². The lowest BCUT2D eigenvalue weighted by Crippen LogP contribution is -2.35. The zero-order valence-corrected chi connectivity index (χ0v) is 12.3. The summed E-state index contributed by atoms with van der Waals surface area (Å²) in [5.41, 5.74) is 7.13. The highest BCUT2D eigenvalue weighted by atomic mass is 16.4. The van der Waals surface area contributed by atoms with E-state index in [1.54, 1.807) is 24.8 Å². The van der Waals surface area contributed by atoms with Gasteiger partial charge in [0, 0.05) is 12.2 Å². The molecular weight excluding hydrogens is 258 g/mol. The van der Waals surface area contributed by atoms with Crippen LogP contribution in [0, 0.1) is 19.8 Å². The van der Waals surface area contributed by atoms with Crippen molar-refractivity contribution in [1.29, 1.82) is 0 Å². The van der Waals surface area contributed by atoms with E-state index in [0.717, 1.165) is 5.69 Å². The number of aliphatic carboxylic acids is 1. The van der Waals surface area contributed by atoms with Gasteiger partial charge in [-0.2, -0.15) is 0 Å². The third kappa shape index (κ3) is 3.94. The largest absolute Gasteiger partial charge is 0.480 e. The molecular formula is C14H21N3O3. The summed E-state index contributed by atoms with van der Waals surface area (Å²) in [5, 5.41) is 9.04. The number of carboxylic acids is 1. The van der Waals surface area contributed by atoms with Crippen LogP contribution in [-0.2, 0) is 4.79 Å². The lowest BCUT2D eigenvalue weighted by Gasteiger charge is -2.26. The third-order valence-corrected chi connectivity index (χ3v) is 2.78. The van der Waals surface area contributed by atoms with Gasteiger partial charge in [-0.1, -0.05) is 13.8 Å². The quantitative estimate of drug-likeness (QED) is 0.819. The van der Waals surface area contributed by atoms with Crippen LogP contribution in [0.1, 0.15) is 35.5 Å². The van der Waals surface area contributed by atoms with Crippen molar-refractivity contribution in [3.8, 4) is 0 Å². The van der Waals surface area contributed by atoms with E-state index in [1.165, 1.54) is 0 Å². The smallest absolute Gasteiger partial charge is 0.323 e. The minimum absolute atomic E-state index is 0.214. The molecule has 0 saturated heterocycles. The summed E-state index contributed by atoms with van der Waals surface area (Å²) in [7, 11) is 0. The lowest BCUT2D eigenvalue weighted by atomic mass is 10.1. The first-order chi connectivity index (χ1) is 9.22. The normalized spacial score (nSPS) is 10.7. The Morgan fingerprint density at radius 2 is 2.00 bits per heavy atom. The summed E-state index contributed by atoms with van der Waals surface area (Å²) in [6.45, 7) is 7.79. The van der Waals surface area contributed by atoms with Crippen molar-refractivity contribution in [3.05, 3.63) is 22.9 Å². The molecule has 0 saturated carbocycles. The molecule has 1 rings (SSSR count). The zero-order valence-electron chi connectivity index (χ0n) is 12.3. The summed E-state index contributed by atoms with van der Waals surface area (Å²) in [5.74, 6) is -0.977. The molecule has 0 radical (unpaired) electrons. The lowest BCUT2D eigenvalue weighted by molar-refractivity contribution is -0.135. The molecule has 0 aliphatic rings. The number of aryl methyl sites for hydroxylation is 2. The van der Waals surface area contributed by atoms with Crippen molar-refractivity contribution >= 4 is 17.7 Å². The number of amides is 1. The predicted octanol–water partition coefficient (Wildman–Crippen LogP) is 1.34. The molecule has 1 aromatic heterocycles. The van der Waals surface area contributed by atoms with Gasteiger partial charge >= 0.3 is 5.97 Å². The maximum Gasteiger partial charge on any atom is 0.323 e. The number of rotatable bonds is 6. The van der Waals surface area contributed by atoms with Crippen molar-refractivity contribution in [2.24, 2.45) is 11.7 Å². The van der Waals surface area contributed by atoms with E-state index >= 15 is 0 Å². The van der Waals surface area contributed by atoms with Crippen LogP contribution in [0.2, 0.25) is 0 Å². The number of nitrogens with two attached hydrogens (primary N) is 1. The number of hydrogen-bond donors (Lipinski definition) is 2. The Labute approximate surface area is 118 Å². The van der Waals surface area contributed by atoms with Crippen LogP contribution in [0.5, 0.6) is 0 Å². The summed E-state index contributed by atoms with van der Waals surface area (Å²) in [6, 6.07) is 1.76. The van der Waals surface area contributed by atoms with E-state index in [4.69, 9.17) is 10.8 Å². The van der Waals surface area contributed by atoms with Gasteiger partial charge in [0.25, 0.3) is 5.91 Å². The molecule has 0 aliphatic heterocycles. The highest BCUT2D eigenvalue weighted by molar-refractivity contribution is 5.99. The number of carbonyl (C=O) groups excluding carboxylic acids is 1. The Kier molecular flexibility index (Phi) is 5.07. The van der Waals surface area contributed by atoms with Gasteiger partial charge in [-0.3, -0.25) is 9.59 Å². The summed E-state index contributed by atoms with van der Waals surface area (Å²) in [4.78, 5) is 28.6. The SMILES string of the molecule is Cc1cc(C)c(C(N)=O)c(N(CC(=O)O)CC(C)C)n1. The molecule has 0 bridgehead atoms. The van der Waals surface area contributed by atoms with Crippen LogP contribution < -0.4 is 10.6 Å². The summed E-state index contributed by atoms with van der Waals surface area (Å²) < 4.78 is 0. The Morgan fingerprint density at radius 3 is 2.45 bits per heavy atom. The third-order valence-electron chi connectivity index (χ3n) is 2.78. The number of carbonyl (C=O) groups is 2. The monoisotopic (exact) mass is 279 g/mol. The molecule has 6 nitrogen and oxygen atoms in total. The minimum Gasteiger partial charge on any atom is -0.480 e. The molecule has 0 aliphatic carbocycles. The molecule has 110 valence electrons. The fourth-order valence-electron chi connectivity index (χ4n) is 2.18. The number of nitrogens with zero attached hydrogens (tertiary/aromatic N) is 2. The average Bonchev–Trinajstić information content (AvgIpc) is 2.24. The van der Waals surface area contributed by atoms with Gasteiger partial charge in [0.15, 0.2) is 0 Å². The fourth-order valence-corrected chi connectivity index (χ4v) is 2.18. The first-order valence-electron chi connectivity index (χ1n) is 6.47. The number of carboxylic acid groups (broad SMARTS) is 1. The molecule has 1 amide bonds. The maximum absolute atomic E-state index is 11.6. The molecule has 1 aromatic rings. The van der Waals surface area contributed by atoms with E-state index in [0.29, 0.717) is 17.9 Å². The Balaban J connectivity index is 3.36. The predicted molar refractivity (Wildman–Crippen MR) is 76.9 cm³/mol. The highest BCUT2D eigenvalue weighted by Crippen LogP contribution is 2.23. The molecule has 6 heteroatoms. The van der Waals surface area contributed by atoms with Crippen LogP contribution >= 0.6 is 0 Å². The van der Waals surface area contributed by atoms with Gasteiger partial charge in [0.05, 0.1) is 5.56 Å². The van der Waals surface area contributed by atoms with E-state index in [9.17, 15) is 9.59 Å². The van der Waals surface area contributed by atoms with E-state index < -0.39 is 11.9 Å². The second-order valence-corrected chi connectivity index (χ2v) is 5.31. The van der Waals surface area contributed by atoms with Crippen LogP contribution in [0.3, 0.4) is 0 Å². The summed E-state index contributed by atoms with van der Waals surface area (Å²) >= 11 is 0. The molecule has 0 spiro atoms. The zero-order chi connectivity index (χ0) is 15.4. The van der Waals surface area contributed by atoms with Crippen LogP contribution in [-0.4, -0.2) is 35.1 Å². The second kappa shape index (κ2) is 6.36. The van der Waals surface area contributed by atoms with Crippen LogP contribution in [0.4, 0.5) is 5.82 Å². The summed E-state index contributed by atoms with van der Waals surface area (Å²) in [6.07, 6.45) is 0. The molecule has 0 atom stereocenters. The Bertz CT molecular complexity index is 527. The van der Waals surface area contributed by atoms with E-state index in [1.807, 2.05) is 13.8 Å². The van der Waals surface area contributed by atoms with Gasteiger partial charge in [-0.15, -0.1) is 0 Å². The van der Waals surface area contributed by atoms with Gasteiger partial charge in [0.1, 0.15) is 12.4 Å². The molecule has 0 aromatic carbocycles. The molecule has 0 fully saturated rings. The Morgan fingerprint density at radius 1 is 1.40 bits per heavy atom. The van der Waals surface area contributed by atoms with Gasteiger partial charge in [-0.05, 0) is 31.4 Å². The topological polar surface area (TPSA) is 96.5 Å². The highest BCUT2D eigenvalue weighted by Gasteiger charge is 2.22. The number of hydrogen-bond acceptors (Lipinski definition) is 4. The van der Waals surface area contributed by atoms with Crippen LogP contribution in [0.15, 0.2) is 6.07 Å². The van der Waals surface area contributed by atoms with Crippen molar-refractivity contribution in [2.75, 3.05) is 18.0 Å². The van der Waals surface area contributed by atoms with Gasteiger partial charge in [0.2, 0.25) is 0 Å². The maximum atomic E-state index is 11.6. The van der Waals surface area contributed by atoms with Crippen molar-refractivity contribution in [1.82, 2.24) is 4.98 Å². The Hall–Kier alpha value is -2.11. The second-order valence-electron chi connectivity index (χ2n) is 5.31. The molecule has 1 heterocycles. The van der Waals surface area contributed by atoms with Crippen molar-refractivity contribution < 1.29 is 14.7 Å². The number of primary amides is 1. The van der Waals surface area contributed by atoms with Crippen molar-refractivity contribution in [2.45, 2.75) is 27.7 Å². The fraction of sp³-hybridized carbons (Fsp3) is 0.500. The van der Waals surface area contributed by atoms with Gasteiger partial charge < -0.3 is 15.7 Å². The first-order valence-corrected chi connectivity index (χ1v) is 6.47. The molecule has 3 N–H and O–H groups in total. The number of pyridine rings is 1. The average molecular weight is 279 g/mol. The van der Waals surface area contributed by atoms with Crippen LogP contribution in [0.25, 0.3) is 0 Å². The van der Waals surface area contributed by atoms with E-state index in [2.05, 4.69) is 4.98 Å². The number of anilines is 1. The first kappa shape index (κ1) is 15.9. The molecule has 20 heavy (non-hydrogen) atoms. The minimum atomic E-state index is -0.970.